The first kappa shape index (κ1) is 17.7. The standard InChI is InChI=1S/C6H10O3.C5H8O3/c1-4(2)6(8)9-5(3)7;1-4(2)5(7)8-3-6/h5,7H,1H2,2-3H3;6H,1,3H2,2H3. The maximum absolute atomic E-state index is 10.5. The Morgan fingerprint density at radius 2 is 1.59 bits per heavy atom. The van der Waals surface area contributed by atoms with Gasteiger partial charge in [-0.2, -0.15) is 0 Å². The van der Waals surface area contributed by atoms with Crippen molar-refractivity contribution in [3.05, 3.63) is 24.3 Å². The summed E-state index contributed by atoms with van der Waals surface area (Å²) in [4.78, 5) is 20.7. The number of aliphatic hydroxyl groups is 2. The molecule has 0 aliphatic carbocycles. The van der Waals surface area contributed by atoms with Crippen LogP contribution in [0, 0.1) is 0 Å². The Balaban J connectivity index is 0. The second-order valence-electron chi connectivity index (χ2n) is 3.13. The number of aliphatic hydroxyl groups excluding tert-OH is 2. The molecule has 0 bridgehead atoms. The Kier molecular flexibility index (Phi) is 9.97. The number of ether oxygens (including phenoxy) is 2. The minimum atomic E-state index is -1.05. The van der Waals surface area contributed by atoms with E-state index >= 15 is 0 Å². The topological polar surface area (TPSA) is 93.1 Å². The van der Waals surface area contributed by atoms with Gasteiger partial charge in [-0.05, 0) is 20.8 Å². The average molecular weight is 246 g/mol. The van der Waals surface area contributed by atoms with Gasteiger partial charge in [-0.3, -0.25) is 0 Å². The van der Waals surface area contributed by atoms with Gasteiger partial charge in [0.1, 0.15) is 0 Å². The molecule has 0 rings (SSSR count). The van der Waals surface area contributed by atoms with Crippen LogP contribution in [-0.2, 0) is 19.1 Å². The molecule has 0 fully saturated rings. The first-order valence-electron chi connectivity index (χ1n) is 4.70. The molecule has 0 amide bonds. The number of hydrogen-bond acceptors (Lipinski definition) is 6. The van der Waals surface area contributed by atoms with Crippen molar-refractivity contribution >= 4 is 11.9 Å². The van der Waals surface area contributed by atoms with Gasteiger partial charge in [0.05, 0.1) is 0 Å². The van der Waals surface area contributed by atoms with E-state index in [1.807, 2.05) is 0 Å². The fraction of sp³-hybridized carbons (Fsp3) is 0.455. The lowest BCUT2D eigenvalue weighted by Crippen LogP contribution is -2.13. The molecule has 0 heterocycles. The van der Waals surface area contributed by atoms with E-state index < -0.39 is 25.0 Å². The Labute approximate surface area is 100 Å². The van der Waals surface area contributed by atoms with Gasteiger partial charge in [0.25, 0.3) is 0 Å². The molecule has 6 nitrogen and oxygen atoms in total. The third kappa shape index (κ3) is 12.3. The van der Waals surface area contributed by atoms with E-state index in [1.54, 1.807) is 0 Å². The third-order valence-corrected chi connectivity index (χ3v) is 1.17. The van der Waals surface area contributed by atoms with Crippen LogP contribution in [0.1, 0.15) is 20.8 Å². The molecule has 98 valence electrons. The van der Waals surface area contributed by atoms with Crippen LogP contribution in [0.4, 0.5) is 0 Å². The monoisotopic (exact) mass is 246 g/mol. The smallest absolute Gasteiger partial charge is 0.335 e. The minimum Gasteiger partial charge on any atom is -0.435 e. The molecule has 6 heteroatoms. The van der Waals surface area contributed by atoms with Gasteiger partial charge in [0, 0.05) is 11.1 Å². The maximum atomic E-state index is 10.5. The summed E-state index contributed by atoms with van der Waals surface area (Å²) in [5, 5.41) is 16.5. The highest BCUT2D eigenvalue weighted by molar-refractivity contribution is 5.87. The Morgan fingerprint density at radius 3 is 1.71 bits per heavy atom. The van der Waals surface area contributed by atoms with Gasteiger partial charge in [-0.1, -0.05) is 13.2 Å². The third-order valence-electron chi connectivity index (χ3n) is 1.17. The lowest BCUT2D eigenvalue weighted by Gasteiger charge is -2.04. The van der Waals surface area contributed by atoms with E-state index in [1.165, 1.54) is 20.8 Å². The fourth-order valence-corrected chi connectivity index (χ4v) is 0.437. The summed E-state index contributed by atoms with van der Waals surface area (Å²) in [5.74, 6) is -1.13. The maximum Gasteiger partial charge on any atom is 0.335 e. The van der Waals surface area contributed by atoms with Gasteiger partial charge >= 0.3 is 11.9 Å². The van der Waals surface area contributed by atoms with Crippen molar-refractivity contribution in [3.63, 3.8) is 0 Å². The number of carbonyl (C=O) groups excluding carboxylic acids is 2. The van der Waals surface area contributed by atoms with Crippen molar-refractivity contribution in [3.8, 4) is 0 Å². The SMILES string of the molecule is C=C(C)C(=O)OC(C)O.C=C(C)C(=O)OCO. The molecule has 0 saturated carbocycles. The molecular weight excluding hydrogens is 228 g/mol. The molecule has 0 aromatic carbocycles. The van der Waals surface area contributed by atoms with Crippen LogP contribution in [0.2, 0.25) is 0 Å². The second-order valence-corrected chi connectivity index (χ2v) is 3.13. The molecule has 0 aliphatic heterocycles. The molecule has 0 aromatic heterocycles. The first-order chi connectivity index (χ1) is 7.72. The van der Waals surface area contributed by atoms with Crippen molar-refractivity contribution in [2.75, 3.05) is 6.79 Å². The summed E-state index contributed by atoms with van der Waals surface area (Å²) in [6.45, 7) is 10.4. The zero-order chi connectivity index (χ0) is 14.0. The van der Waals surface area contributed by atoms with Crippen molar-refractivity contribution in [2.24, 2.45) is 0 Å². The quantitative estimate of drug-likeness (QED) is 0.426. The van der Waals surface area contributed by atoms with E-state index in [0.29, 0.717) is 5.57 Å². The second kappa shape index (κ2) is 9.56. The summed E-state index contributed by atoms with van der Waals surface area (Å²) in [6.07, 6.45) is -1.05. The normalized spacial score (nSPS) is 10.4. The molecule has 0 radical (unpaired) electrons. The van der Waals surface area contributed by atoms with Gasteiger partial charge in [-0.15, -0.1) is 0 Å². The Bertz CT molecular complexity index is 292. The first-order valence-corrected chi connectivity index (χ1v) is 4.70. The van der Waals surface area contributed by atoms with Crippen LogP contribution in [0.3, 0.4) is 0 Å². The Morgan fingerprint density at radius 1 is 1.18 bits per heavy atom. The molecule has 17 heavy (non-hydrogen) atoms. The van der Waals surface area contributed by atoms with E-state index in [9.17, 15) is 9.59 Å². The van der Waals surface area contributed by atoms with Crippen LogP contribution < -0.4 is 0 Å². The summed E-state index contributed by atoms with van der Waals surface area (Å²) >= 11 is 0. The summed E-state index contributed by atoms with van der Waals surface area (Å²) in [6, 6.07) is 0. The van der Waals surface area contributed by atoms with E-state index in [2.05, 4.69) is 22.6 Å². The molecule has 0 aliphatic rings. The molecule has 1 atom stereocenters. The van der Waals surface area contributed by atoms with Crippen molar-refractivity contribution in [1.29, 1.82) is 0 Å². The number of hydrogen-bond donors (Lipinski definition) is 2. The largest absolute Gasteiger partial charge is 0.435 e. The van der Waals surface area contributed by atoms with E-state index in [0.717, 1.165) is 0 Å². The summed E-state index contributed by atoms with van der Waals surface area (Å²) in [5.41, 5.74) is 0.579. The highest BCUT2D eigenvalue weighted by Crippen LogP contribution is 1.94. The molecule has 0 spiro atoms. The summed E-state index contributed by atoms with van der Waals surface area (Å²) in [7, 11) is 0. The van der Waals surface area contributed by atoms with Crippen molar-refractivity contribution in [1.82, 2.24) is 0 Å². The number of carbonyl (C=O) groups is 2. The minimum absolute atomic E-state index is 0.288. The molecular formula is C11H18O6. The van der Waals surface area contributed by atoms with Gasteiger partial charge in [-0.25, -0.2) is 9.59 Å². The highest BCUT2D eigenvalue weighted by atomic mass is 16.6. The van der Waals surface area contributed by atoms with Crippen LogP contribution in [0.15, 0.2) is 24.3 Å². The van der Waals surface area contributed by atoms with Crippen LogP contribution in [0.25, 0.3) is 0 Å². The van der Waals surface area contributed by atoms with Gasteiger partial charge in [0.15, 0.2) is 13.1 Å². The van der Waals surface area contributed by atoms with Crippen LogP contribution >= 0.6 is 0 Å². The van der Waals surface area contributed by atoms with Crippen molar-refractivity contribution < 1.29 is 29.3 Å². The van der Waals surface area contributed by atoms with Crippen LogP contribution in [0.5, 0.6) is 0 Å². The zero-order valence-electron chi connectivity index (χ0n) is 10.2. The van der Waals surface area contributed by atoms with E-state index in [4.69, 9.17) is 10.2 Å². The predicted molar refractivity (Wildman–Crippen MR) is 60.6 cm³/mol. The molecule has 0 aromatic rings. The summed E-state index contributed by atoms with van der Waals surface area (Å²) < 4.78 is 8.45. The number of rotatable bonds is 4. The lowest BCUT2D eigenvalue weighted by atomic mass is 10.4. The van der Waals surface area contributed by atoms with Crippen molar-refractivity contribution in [2.45, 2.75) is 27.1 Å². The zero-order valence-corrected chi connectivity index (χ0v) is 10.2. The molecule has 2 N–H and O–H groups in total. The lowest BCUT2D eigenvalue weighted by molar-refractivity contribution is -0.159. The van der Waals surface area contributed by atoms with Crippen LogP contribution in [-0.4, -0.2) is 35.2 Å². The number of esters is 2. The predicted octanol–water partition coefficient (Wildman–Crippen LogP) is 0.499. The average Bonchev–Trinajstić information content (AvgIpc) is 2.17. The van der Waals surface area contributed by atoms with Gasteiger partial charge < -0.3 is 19.7 Å². The molecule has 0 saturated heterocycles. The van der Waals surface area contributed by atoms with Gasteiger partial charge in [0.2, 0.25) is 0 Å². The highest BCUT2D eigenvalue weighted by Gasteiger charge is 2.04. The molecule has 1 unspecified atom stereocenters. The van der Waals surface area contributed by atoms with E-state index in [-0.39, 0.29) is 5.57 Å². The Hall–Kier alpha value is -1.66. The fourth-order valence-electron chi connectivity index (χ4n) is 0.437.